The molecule has 17 heavy (non-hydrogen) atoms. The lowest BCUT2D eigenvalue weighted by atomic mass is 10.3. The maximum Gasteiger partial charge on any atom is 0.325 e. The van der Waals surface area contributed by atoms with Gasteiger partial charge in [0.25, 0.3) is 0 Å². The Hall–Kier alpha value is -1.27. The molecule has 0 heterocycles. The first-order valence-corrected chi connectivity index (χ1v) is 5.82. The quantitative estimate of drug-likeness (QED) is 0.801. The third-order valence-electron chi connectivity index (χ3n) is 1.89. The second-order valence-electron chi connectivity index (χ2n) is 3.28. The van der Waals surface area contributed by atoms with Crippen LogP contribution in [0, 0.1) is 0 Å². The van der Waals surface area contributed by atoms with Gasteiger partial charge in [-0.3, -0.25) is 4.79 Å². The fourth-order valence-electron chi connectivity index (χ4n) is 1.01. The molecule has 92 valence electrons. The summed E-state index contributed by atoms with van der Waals surface area (Å²) >= 11 is 9.10. The molecule has 0 bridgehead atoms. The Morgan fingerprint density at radius 3 is 2.71 bits per heavy atom. The number of urea groups is 1. The molecule has 5 nitrogen and oxygen atoms in total. The van der Waals surface area contributed by atoms with Gasteiger partial charge in [-0.05, 0) is 25.1 Å². The summed E-state index contributed by atoms with van der Waals surface area (Å²) in [7, 11) is 0. The highest BCUT2D eigenvalue weighted by Crippen LogP contribution is 2.25. The van der Waals surface area contributed by atoms with Crippen molar-refractivity contribution in [3.05, 3.63) is 27.7 Å². The molecule has 0 saturated carbocycles. The van der Waals surface area contributed by atoms with E-state index in [1.807, 2.05) is 0 Å². The largest absolute Gasteiger partial charge is 0.480 e. The lowest BCUT2D eigenvalue weighted by Gasteiger charge is -2.11. The van der Waals surface area contributed by atoms with Crippen LogP contribution in [0.15, 0.2) is 22.7 Å². The Morgan fingerprint density at radius 1 is 1.47 bits per heavy atom. The van der Waals surface area contributed by atoms with E-state index in [2.05, 4.69) is 26.6 Å². The second kappa shape index (κ2) is 5.88. The number of carbonyl (C=O) groups is 2. The Morgan fingerprint density at radius 2 is 2.12 bits per heavy atom. The SMILES string of the molecule is C[C@H](NC(=O)Nc1cc(Br)ccc1Cl)C(=O)O. The highest BCUT2D eigenvalue weighted by atomic mass is 79.9. The van der Waals surface area contributed by atoms with E-state index in [0.717, 1.165) is 4.47 Å². The molecule has 0 unspecified atom stereocenters. The number of benzene rings is 1. The zero-order chi connectivity index (χ0) is 13.0. The molecule has 0 aliphatic rings. The van der Waals surface area contributed by atoms with Crippen LogP contribution in [-0.4, -0.2) is 23.1 Å². The molecule has 7 heteroatoms. The summed E-state index contributed by atoms with van der Waals surface area (Å²) < 4.78 is 0.753. The standard InChI is InChI=1S/C10H10BrClN2O3/c1-5(9(15)16)13-10(17)14-8-4-6(11)2-3-7(8)12/h2-5H,1H3,(H,15,16)(H2,13,14,17)/t5-/m0/s1. The van der Waals surface area contributed by atoms with Crippen molar-refractivity contribution >= 4 is 45.2 Å². The van der Waals surface area contributed by atoms with Crippen molar-refractivity contribution in [3.63, 3.8) is 0 Å². The van der Waals surface area contributed by atoms with E-state index < -0.39 is 18.0 Å². The van der Waals surface area contributed by atoms with Crippen LogP contribution in [0.4, 0.5) is 10.5 Å². The minimum Gasteiger partial charge on any atom is -0.480 e. The number of carboxylic acid groups (broad SMARTS) is 1. The molecule has 1 rings (SSSR count). The predicted molar refractivity (Wildman–Crippen MR) is 68.4 cm³/mol. The van der Waals surface area contributed by atoms with Gasteiger partial charge in [-0.2, -0.15) is 0 Å². The number of amides is 2. The molecule has 0 aliphatic carbocycles. The summed E-state index contributed by atoms with van der Waals surface area (Å²) in [6.45, 7) is 1.37. The monoisotopic (exact) mass is 320 g/mol. The first kappa shape index (κ1) is 13.8. The van der Waals surface area contributed by atoms with Gasteiger partial charge >= 0.3 is 12.0 Å². The van der Waals surface area contributed by atoms with E-state index in [1.54, 1.807) is 18.2 Å². The summed E-state index contributed by atoms with van der Waals surface area (Å²) in [4.78, 5) is 22.0. The number of nitrogens with one attached hydrogen (secondary N) is 2. The molecule has 0 fully saturated rings. The van der Waals surface area contributed by atoms with Crippen molar-refractivity contribution in [1.29, 1.82) is 0 Å². The molecular weight excluding hydrogens is 311 g/mol. The summed E-state index contributed by atoms with van der Waals surface area (Å²) in [6, 6.07) is 3.36. The van der Waals surface area contributed by atoms with Crippen molar-refractivity contribution in [2.45, 2.75) is 13.0 Å². The second-order valence-corrected chi connectivity index (χ2v) is 4.61. The van der Waals surface area contributed by atoms with Crippen LogP contribution >= 0.6 is 27.5 Å². The first-order chi connectivity index (χ1) is 7.90. The number of halogens is 2. The van der Waals surface area contributed by atoms with E-state index in [9.17, 15) is 9.59 Å². The zero-order valence-electron chi connectivity index (χ0n) is 8.83. The third kappa shape index (κ3) is 4.24. The maximum atomic E-state index is 11.4. The van der Waals surface area contributed by atoms with Gasteiger partial charge in [0.1, 0.15) is 6.04 Å². The topological polar surface area (TPSA) is 78.4 Å². The molecule has 0 saturated heterocycles. The average molecular weight is 322 g/mol. The average Bonchev–Trinajstić information content (AvgIpc) is 2.23. The van der Waals surface area contributed by atoms with E-state index in [1.165, 1.54) is 6.92 Å². The Kier molecular flexibility index (Phi) is 4.77. The van der Waals surface area contributed by atoms with Gasteiger partial charge < -0.3 is 15.7 Å². The normalized spacial score (nSPS) is 11.7. The van der Waals surface area contributed by atoms with Gasteiger partial charge in [0, 0.05) is 4.47 Å². The molecule has 1 aromatic carbocycles. The van der Waals surface area contributed by atoms with Gasteiger partial charge in [0.15, 0.2) is 0 Å². The number of anilines is 1. The van der Waals surface area contributed by atoms with Crippen LogP contribution < -0.4 is 10.6 Å². The summed E-state index contributed by atoms with van der Waals surface area (Å²) in [5, 5.41) is 13.7. The Balaban J connectivity index is 2.68. The Labute approximate surface area is 111 Å². The maximum absolute atomic E-state index is 11.4. The Bertz CT molecular complexity index is 453. The molecule has 1 atom stereocenters. The molecule has 1 aromatic rings. The van der Waals surface area contributed by atoms with Gasteiger partial charge in [-0.15, -0.1) is 0 Å². The fraction of sp³-hybridized carbons (Fsp3) is 0.200. The number of carbonyl (C=O) groups excluding carboxylic acids is 1. The van der Waals surface area contributed by atoms with Crippen LogP contribution in [0.2, 0.25) is 5.02 Å². The van der Waals surface area contributed by atoms with Gasteiger partial charge in [-0.25, -0.2) is 4.79 Å². The number of hydrogen-bond acceptors (Lipinski definition) is 2. The number of hydrogen-bond donors (Lipinski definition) is 3. The van der Waals surface area contributed by atoms with E-state index in [4.69, 9.17) is 16.7 Å². The molecule has 0 aliphatic heterocycles. The molecule has 2 amide bonds. The van der Waals surface area contributed by atoms with Crippen LogP contribution in [0.5, 0.6) is 0 Å². The van der Waals surface area contributed by atoms with Gasteiger partial charge in [-0.1, -0.05) is 27.5 Å². The lowest BCUT2D eigenvalue weighted by Crippen LogP contribution is -2.40. The fourth-order valence-corrected chi connectivity index (χ4v) is 1.54. The van der Waals surface area contributed by atoms with Crippen LogP contribution in [-0.2, 0) is 4.79 Å². The summed E-state index contributed by atoms with van der Waals surface area (Å²) in [6.07, 6.45) is 0. The number of rotatable bonds is 3. The van der Waals surface area contributed by atoms with Crippen molar-refractivity contribution < 1.29 is 14.7 Å². The van der Waals surface area contributed by atoms with Crippen LogP contribution in [0.1, 0.15) is 6.92 Å². The summed E-state index contributed by atoms with van der Waals surface area (Å²) in [5.41, 5.74) is 0.399. The molecular formula is C10H10BrClN2O3. The zero-order valence-corrected chi connectivity index (χ0v) is 11.2. The lowest BCUT2D eigenvalue weighted by molar-refractivity contribution is -0.138. The minimum absolute atomic E-state index is 0.367. The van der Waals surface area contributed by atoms with Crippen molar-refractivity contribution in [2.75, 3.05) is 5.32 Å². The molecule has 0 aromatic heterocycles. The highest BCUT2D eigenvalue weighted by molar-refractivity contribution is 9.10. The minimum atomic E-state index is -1.11. The number of carboxylic acids is 1. The molecule has 3 N–H and O–H groups in total. The summed E-state index contributed by atoms with van der Waals surface area (Å²) in [5.74, 6) is -1.11. The smallest absolute Gasteiger partial charge is 0.325 e. The van der Waals surface area contributed by atoms with Crippen molar-refractivity contribution in [1.82, 2.24) is 5.32 Å². The van der Waals surface area contributed by atoms with E-state index in [-0.39, 0.29) is 0 Å². The molecule has 0 radical (unpaired) electrons. The van der Waals surface area contributed by atoms with Gasteiger partial charge in [0.05, 0.1) is 10.7 Å². The van der Waals surface area contributed by atoms with E-state index in [0.29, 0.717) is 10.7 Å². The van der Waals surface area contributed by atoms with E-state index >= 15 is 0 Å². The van der Waals surface area contributed by atoms with Gasteiger partial charge in [0.2, 0.25) is 0 Å². The first-order valence-electron chi connectivity index (χ1n) is 4.65. The highest BCUT2D eigenvalue weighted by Gasteiger charge is 2.14. The third-order valence-corrected chi connectivity index (χ3v) is 2.72. The van der Waals surface area contributed by atoms with Crippen molar-refractivity contribution in [2.24, 2.45) is 0 Å². The van der Waals surface area contributed by atoms with Crippen LogP contribution in [0.3, 0.4) is 0 Å². The number of aliphatic carboxylic acids is 1. The van der Waals surface area contributed by atoms with Crippen molar-refractivity contribution in [3.8, 4) is 0 Å². The molecule has 0 spiro atoms. The van der Waals surface area contributed by atoms with Crippen LogP contribution in [0.25, 0.3) is 0 Å². The predicted octanol–water partition coefficient (Wildman–Crippen LogP) is 2.70.